The second kappa shape index (κ2) is 8.34. The van der Waals surface area contributed by atoms with E-state index in [1.807, 2.05) is 0 Å². The van der Waals surface area contributed by atoms with Crippen molar-refractivity contribution in [3.05, 3.63) is 5.82 Å². The van der Waals surface area contributed by atoms with Gasteiger partial charge in [-0.25, -0.2) is 35.2 Å². The lowest BCUT2D eigenvalue weighted by atomic mass is 10.7. The van der Waals surface area contributed by atoms with E-state index in [0.29, 0.717) is 0 Å². The van der Waals surface area contributed by atoms with E-state index in [1.54, 1.807) is 0 Å². The Morgan fingerprint density at radius 1 is 0.704 bits per heavy atom. The van der Waals surface area contributed by atoms with Crippen LogP contribution in [0.1, 0.15) is 5.82 Å². The first-order valence-corrected chi connectivity index (χ1v) is 12.5. The molecule has 0 spiro atoms. The number of hydrogen-bond donors (Lipinski definition) is 2. The minimum absolute atomic E-state index is 0.325. The first-order chi connectivity index (χ1) is 12.0. The predicted molar refractivity (Wildman–Crippen MR) is 83.7 cm³/mol. The van der Waals surface area contributed by atoms with Gasteiger partial charge in [-0.05, 0) is 6.92 Å². The lowest BCUT2D eigenvalue weighted by molar-refractivity contribution is 0.282. The Morgan fingerprint density at radius 3 is 1.33 bits per heavy atom. The average Bonchev–Trinajstić information content (AvgIpc) is 2.43. The van der Waals surface area contributed by atoms with Gasteiger partial charge in [0.1, 0.15) is 5.82 Å². The van der Waals surface area contributed by atoms with E-state index in [0.717, 1.165) is 6.92 Å². The van der Waals surface area contributed by atoms with Crippen LogP contribution < -0.4 is 0 Å². The SMILES string of the molecule is Cc1nc(S(=O)(=O)CCOS(=O)(=O)O)nc(S(=O)(=O)CCOS(=O)(=O)O)n1. The topological polar surface area (TPSA) is 234 Å². The third-order valence-electron chi connectivity index (χ3n) is 2.43. The zero-order chi connectivity index (χ0) is 21.1. The van der Waals surface area contributed by atoms with Gasteiger partial charge < -0.3 is 0 Å². The summed E-state index contributed by atoms with van der Waals surface area (Å²) < 4.78 is 114. The Labute approximate surface area is 154 Å². The lowest BCUT2D eigenvalue weighted by Gasteiger charge is -2.07. The van der Waals surface area contributed by atoms with Crippen LogP contribution in [-0.4, -0.2) is 82.4 Å². The van der Waals surface area contributed by atoms with Gasteiger partial charge in [-0.1, -0.05) is 0 Å². The smallest absolute Gasteiger partial charge is 0.264 e. The molecule has 0 aromatic carbocycles. The van der Waals surface area contributed by atoms with Crippen LogP contribution in [0.15, 0.2) is 10.3 Å². The van der Waals surface area contributed by atoms with E-state index in [-0.39, 0.29) is 5.82 Å². The van der Waals surface area contributed by atoms with E-state index in [9.17, 15) is 33.7 Å². The summed E-state index contributed by atoms with van der Waals surface area (Å²) in [7, 11) is -18.6. The minimum atomic E-state index is -4.89. The molecule has 1 heterocycles. The van der Waals surface area contributed by atoms with Crippen LogP contribution in [0.4, 0.5) is 0 Å². The molecule has 0 aliphatic heterocycles. The molecule has 0 radical (unpaired) electrons. The Bertz CT molecular complexity index is 1020. The van der Waals surface area contributed by atoms with Crippen molar-refractivity contribution in [2.75, 3.05) is 24.7 Å². The molecule has 19 heteroatoms. The van der Waals surface area contributed by atoms with Crippen molar-refractivity contribution in [3.63, 3.8) is 0 Å². The predicted octanol–water partition coefficient (Wildman–Crippen LogP) is -2.63. The fourth-order valence-electron chi connectivity index (χ4n) is 1.39. The van der Waals surface area contributed by atoms with Gasteiger partial charge in [-0.2, -0.15) is 21.8 Å². The zero-order valence-electron chi connectivity index (χ0n) is 13.3. The molecule has 0 saturated heterocycles. The standard InChI is InChI=1S/C8H13N3O12S4/c1-6-9-7(24(12,13)4-2-22-26(16,17)18)11-8(10-6)25(14,15)5-3-23-27(19,20)21/h2-5H2,1H3,(H,16,17,18)(H,19,20,21). The van der Waals surface area contributed by atoms with E-state index in [2.05, 4.69) is 23.3 Å². The average molecular weight is 471 g/mol. The third-order valence-corrected chi connectivity index (χ3v) is 6.25. The Morgan fingerprint density at radius 2 is 1.04 bits per heavy atom. The van der Waals surface area contributed by atoms with Crippen LogP contribution in [0.5, 0.6) is 0 Å². The maximum atomic E-state index is 12.1. The lowest BCUT2D eigenvalue weighted by Crippen LogP contribution is -2.22. The molecule has 1 rings (SSSR count). The number of sulfone groups is 2. The van der Waals surface area contributed by atoms with Gasteiger partial charge in [0.05, 0.1) is 24.7 Å². The molecule has 0 aliphatic rings. The van der Waals surface area contributed by atoms with Crippen molar-refractivity contribution in [2.24, 2.45) is 0 Å². The van der Waals surface area contributed by atoms with Crippen molar-refractivity contribution < 1.29 is 51.1 Å². The highest BCUT2D eigenvalue weighted by molar-refractivity contribution is 7.92. The molecule has 15 nitrogen and oxygen atoms in total. The fraction of sp³-hybridized carbons (Fsp3) is 0.625. The fourth-order valence-corrected chi connectivity index (χ4v) is 4.21. The molecule has 0 atom stereocenters. The summed E-state index contributed by atoms with van der Waals surface area (Å²) in [6.07, 6.45) is 0. The van der Waals surface area contributed by atoms with E-state index in [1.165, 1.54) is 0 Å². The minimum Gasteiger partial charge on any atom is -0.264 e. The van der Waals surface area contributed by atoms with E-state index < -0.39 is 75.5 Å². The monoisotopic (exact) mass is 471 g/mol. The molecule has 2 N–H and O–H groups in total. The number of rotatable bonds is 10. The van der Waals surface area contributed by atoms with Crippen molar-refractivity contribution in [1.82, 2.24) is 15.0 Å². The quantitative estimate of drug-likeness (QED) is 0.332. The van der Waals surface area contributed by atoms with Crippen LogP contribution >= 0.6 is 0 Å². The van der Waals surface area contributed by atoms with Crippen LogP contribution in [-0.2, 0) is 48.8 Å². The summed E-state index contributed by atoms with van der Waals surface area (Å²) in [5, 5.41) is -2.02. The number of hydrogen-bond acceptors (Lipinski definition) is 13. The summed E-state index contributed by atoms with van der Waals surface area (Å²) in [5.74, 6) is -2.35. The molecule has 0 bridgehead atoms. The summed E-state index contributed by atoms with van der Waals surface area (Å²) >= 11 is 0. The molecule has 0 saturated carbocycles. The summed E-state index contributed by atoms with van der Waals surface area (Å²) in [4.78, 5) is 10.2. The molecule has 156 valence electrons. The summed E-state index contributed by atoms with van der Waals surface area (Å²) in [6, 6.07) is 0. The Kier molecular flexibility index (Phi) is 7.32. The highest BCUT2D eigenvalue weighted by Gasteiger charge is 2.26. The number of nitrogens with zero attached hydrogens (tertiary/aromatic N) is 3. The second-order valence-corrected chi connectivity index (χ2v) is 10.8. The van der Waals surface area contributed by atoms with Gasteiger partial charge in [0.25, 0.3) is 10.3 Å². The Hall–Kier alpha value is -1.35. The molecule has 0 unspecified atom stereocenters. The highest BCUT2D eigenvalue weighted by Crippen LogP contribution is 2.11. The molecule has 0 fully saturated rings. The second-order valence-electron chi connectivity index (χ2n) is 4.58. The molecular weight excluding hydrogens is 458 g/mol. The largest absolute Gasteiger partial charge is 0.397 e. The van der Waals surface area contributed by atoms with Gasteiger partial charge in [-0.3, -0.25) is 9.11 Å². The van der Waals surface area contributed by atoms with Crippen molar-refractivity contribution >= 4 is 40.5 Å². The summed E-state index contributed by atoms with van der Waals surface area (Å²) in [6.45, 7) is -0.838. The number of aryl methyl sites for hydroxylation is 1. The highest BCUT2D eigenvalue weighted by atomic mass is 32.3. The van der Waals surface area contributed by atoms with Crippen LogP contribution in [0.3, 0.4) is 0 Å². The van der Waals surface area contributed by atoms with Crippen molar-refractivity contribution in [3.8, 4) is 0 Å². The first-order valence-electron chi connectivity index (χ1n) is 6.44. The van der Waals surface area contributed by atoms with Crippen molar-refractivity contribution in [2.45, 2.75) is 17.2 Å². The third kappa shape index (κ3) is 8.47. The van der Waals surface area contributed by atoms with Gasteiger partial charge in [-0.15, -0.1) is 0 Å². The van der Waals surface area contributed by atoms with Crippen molar-refractivity contribution in [1.29, 1.82) is 0 Å². The van der Waals surface area contributed by atoms with Crippen LogP contribution in [0.25, 0.3) is 0 Å². The van der Waals surface area contributed by atoms with Gasteiger partial charge in [0.2, 0.25) is 19.7 Å². The maximum Gasteiger partial charge on any atom is 0.397 e. The molecular formula is C8H13N3O12S4. The molecule has 0 amide bonds. The van der Waals surface area contributed by atoms with Gasteiger partial charge >= 0.3 is 20.8 Å². The normalized spacial score (nSPS) is 13.6. The molecule has 0 aliphatic carbocycles. The molecule has 1 aromatic rings. The summed E-state index contributed by atoms with van der Waals surface area (Å²) in [5.41, 5.74) is 0. The van der Waals surface area contributed by atoms with Gasteiger partial charge in [0.15, 0.2) is 0 Å². The van der Waals surface area contributed by atoms with E-state index >= 15 is 0 Å². The van der Waals surface area contributed by atoms with Gasteiger partial charge in [0, 0.05) is 0 Å². The number of aromatic nitrogens is 3. The Balaban J connectivity index is 3.08. The van der Waals surface area contributed by atoms with Crippen LogP contribution in [0, 0.1) is 6.92 Å². The molecule has 1 aromatic heterocycles. The maximum absolute atomic E-state index is 12.1. The first kappa shape index (κ1) is 23.7. The zero-order valence-corrected chi connectivity index (χ0v) is 16.5. The van der Waals surface area contributed by atoms with Crippen LogP contribution in [0.2, 0.25) is 0 Å². The molecule has 27 heavy (non-hydrogen) atoms. The van der Waals surface area contributed by atoms with E-state index in [4.69, 9.17) is 9.11 Å².